The molecule has 0 heterocycles. The van der Waals surface area contributed by atoms with E-state index in [1.807, 2.05) is 30.3 Å². The van der Waals surface area contributed by atoms with Crippen molar-refractivity contribution in [1.82, 2.24) is 0 Å². The first-order valence-corrected chi connectivity index (χ1v) is 7.41. The van der Waals surface area contributed by atoms with Crippen LogP contribution in [0.15, 0.2) is 30.3 Å². The number of esters is 1. The van der Waals surface area contributed by atoms with Crippen LogP contribution in [0.4, 0.5) is 4.39 Å². The van der Waals surface area contributed by atoms with Gasteiger partial charge in [0.2, 0.25) is 0 Å². The Bertz CT molecular complexity index is 365. The Balaban J connectivity index is 2.69. The maximum atomic E-state index is 14.3. The number of hydrogen-bond donors (Lipinski definition) is 0. The zero-order chi connectivity index (χ0) is 12.9. The van der Waals surface area contributed by atoms with Crippen LogP contribution in [0.2, 0.25) is 4.82 Å². The third-order valence-corrected chi connectivity index (χ3v) is 5.31. The standard InChI is InChI=1S/C13H17FO2Se/c1-4-16-12(15)13(3,14)10(2)17-11-8-6-5-7-9-11/h5-10H,4H2,1-3H3. The van der Waals surface area contributed by atoms with E-state index in [0.29, 0.717) is 0 Å². The quantitative estimate of drug-likeness (QED) is 0.615. The van der Waals surface area contributed by atoms with E-state index in [0.717, 1.165) is 4.46 Å². The summed E-state index contributed by atoms with van der Waals surface area (Å²) in [6.07, 6.45) is 0. The van der Waals surface area contributed by atoms with Gasteiger partial charge in [-0.3, -0.25) is 0 Å². The Morgan fingerprint density at radius 1 is 1.47 bits per heavy atom. The van der Waals surface area contributed by atoms with Crippen molar-refractivity contribution >= 4 is 25.4 Å². The molecular weight excluding hydrogens is 286 g/mol. The molecule has 0 aliphatic rings. The first-order chi connectivity index (χ1) is 7.98. The van der Waals surface area contributed by atoms with Crippen LogP contribution in [0.3, 0.4) is 0 Å². The number of carbonyl (C=O) groups is 1. The van der Waals surface area contributed by atoms with Gasteiger partial charge in [0.25, 0.3) is 0 Å². The molecule has 94 valence electrons. The fourth-order valence-corrected chi connectivity index (χ4v) is 3.43. The summed E-state index contributed by atoms with van der Waals surface area (Å²) < 4.78 is 20.1. The second kappa shape index (κ2) is 6.18. The minimum absolute atomic E-state index is 0.0858. The summed E-state index contributed by atoms with van der Waals surface area (Å²) in [5, 5.41) is 0. The van der Waals surface area contributed by atoms with Gasteiger partial charge in [-0.2, -0.15) is 0 Å². The fraction of sp³-hybridized carbons (Fsp3) is 0.462. The van der Waals surface area contributed by atoms with Crippen LogP contribution in [0, 0.1) is 0 Å². The molecule has 1 aromatic rings. The van der Waals surface area contributed by atoms with Crippen molar-refractivity contribution in [3.05, 3.63) is 30.3 Å². The molecule has 1 rings (SSSR count). The fourth-order valence-electron chi connectivity index (χ4n) is 1.25. The molecule has 2 unspecified atom stereocenters. The summed E-state index contributed by atoms with van der Waals surface area (Å²) in [7, 11) is 0. The topological polar surface area (TPSA) is 26.3 Å². The van der Waals surface area contributed by atoms with E-state index in [1.54, 1.807) is 13.8 Å². The Hall–Kier alpha value is -0.861. The second-order valence-corrected chi connectivity index (χ2v) is 6.84. The third-order valence-electron chi connectivity index (χ3n) is 2.49. The third kappa shape index (κ3) is 3.83. The number of halogens is 1. The van der Waals surface area contributed by atoms with E-state index in [9.17, 15) is 9.18 Å². The summed E-state index contributed by atoms with van der Waals surface area (Å²) >= 11 is -0.0858. The number of carbonyl (C=O) groups excluding carboxylic acids is 1. The Morgan fingerprint density at radius 3 is 2.59 bits per heavy atom. The number of rotatable bonds is 5. The molecule has 0 bridgehead atoms. The van der Waals surface area contributed by atoms with Crippen molar-refractivity contribution in [1.29, 1.82) is 0 Å². The van der Waals surface area contributed by atoms with Gasteiger partial charge in [-0.15, -0.1) is 0 Å². The molecule has 0 aliphatic carbocycles. The normalized spacial score (nSPS) is 16.0. The number of hydrogen-bond acceptors (Lipinski definition) is 2. The van der Waals surface area contributed by atoms with E-state index in [4.69, 9.17) is 4.74 Å². The maximum absolute atomic E-state index is 14.3. The molecule has 2 atom stereocenters. The van der Waals surface area contributed by atoms with Crippen molar-refractivity contribution in [3.63, 3.8) is 0 Å². The molecule has 0 fully saturated rings. The van der Waals surface area contributed by atoms with Gasteiger partial charge >= 0.3 is 108 Å². The molecule has 17 heavy (non-hydrogen) atoms. The van der Waals surface area contributed by atoms with Gasteiger partial charge < -0.3 is 0 Å². The van der Waals surface area contributed by atoms with E-state index < -0.39 is 11.6 Å². The second-order valence-electron chi connectivity index (χ2n) is 3.87. The van der Waals surface area contributed by atoms with Crippen molar-refractivity contribution < 1.29 is 13.9 Å². The van der Waals surface area contributed by atoms with E-state index in [-0.39, 0.29) is 26.4 Å². The van der Waals surface area contributed by atoms with Gasteiger partial charge in [0.15, 0.2) is 0 Å². The molecule has 0 radical (unpaired) electrons. The Morgan fingerprint density at radius 2 is 2.06 bits per heavy atom. The molecule has 0 aliphatic heterocycles. The van der Waals surface area contributed by atoms with Crippen LogP contribution in [0.5, 0.6) is 0 Å². The first-order valence-electron chi connectivity index (χ1n) is 5.56. The van der Waals surface area contributed by atoms with Gasteiger partial charge in [-0.05, 0) is 0 Å². The summed E-state index contributed by atoms with van der Waals surface area (Å²) in [4.78, 5) is 11.2. The number of ether oxygens (including phenoxy) is 1. The summed E-state index contributed by atoms with van der Waals surface area (Å²) in [5.41, 5.74) is -1.91. The summed E-state index contributed by atoms with van der Waals surface area (Å²) in [6, 6.07) is 9.67. The van der Waals surface area contributed by atoms with Crippen LogP contribution in [-0.4, -0.2) is 33.2 Å². The molecule has 4 heteroatoms. The van der Waals surface area contributed by atoms with Crippen molar-refractivity contribution in [2.75, 3.05) is 6.61 Å². The van der Waals surface area contributed by atoms with Gasteiger partial charge in [0.05, 0.1) is 0 Å². The van der Waals surface area contributed by atoms with Gasteiger partial charge in [0.1, 0.15) is 0 Å². The van der Waals surface area contributed by atoms with Gasteiger partial charge in [-0.25, -0.2) is 0 Å². The van der Waals surface area contributed by atoms with Crippen molar-refractivity contribution in [2.45, 2.75) is 31.3 Å². The molecule has 0 saturated carbocycles. The molecule has 1 aromatic carbocycles. The monoisotopic (exact) mass is 304 g/mol. The number of benzene rings is 1. The SMILES string of the molecule is CCOC(=O)C(C)(F)C(C)[Se]c1ccccc1. The molecule has 0 spiro atoms. The average molecular weight is 303 g/mol. The summed E-state index contributed by atoms with van der Waals surface area (Å²) in [6.45, 7) is 4.95. The predicted molar refractivity (Wildman–Crippen MR) is 67.4 cm³/mol. The van der Waals surface area contributed by atoms with E-state index in [1.165, 1.54) is 6.92 Å². The van der Waals surface area contributed by atoms with Crippen LogP contribution in [0.1, 0.15) is 20.8 Å². The zero-order valence-electron chi connectivity index (χ0n) is 10.3. The van der Waals surface area contributed by atoms with Crippen molar-refractivity contribution in [2.24, 2.45) is 0 Å². The number of alkyl halides is 1. The van der Waals surface area contributed by atoms with Crippen LogP contribution < -0.4 is 4.46 Å². The minimum atomic E-state index is -1.91. The molecule has 0 N–H and O–H groups in total. The van der Waals surface area contributed by atoms with Gasteiger partial charge in [0, 0.05) is 0 Å². The predicted octanol–water partition coefficient (Wildman–Crippen LogP) is 2.12. The van der Waals surface area contributed by atoms with Crippen LogP contribution in [0.25, 0.3) is 0 Å². The van der Waals surface area contributed by atoms with E-state index >= 15 is 0 Å². The molecule has 0 aromatic heterocycles. The Kier molecular flexibility index (Phi) is 5.16. The molecule has 0 amide bonds. The summed E-state index contributed by atoms with van der Waals surface area (Å²) in [5.74, 6) is -0.759. The van der Waals surface area contributed by atoms with Gasteiger partial charge in [-0.1, -0.05) is 0 Å². The van der Waals surface area contributed by atoms with Crippen LogP contribution in [-0.2, 0) is 9.53 Å². The van der Waals surface area contributed by atoms with E-state index in [2.05, 4.69) is 0 Å². The molecule has 2 nitrogen and oxygen atoms in total. The molecular formula is C13H17FO2Se. The molecule has 0 saturated heterocycles. The first kappa shape index (κ1) is 14.2. The van der Waals surface area contributed by atoms with Crippen molar-refractivity contribution in [3.8, 4) is 0 Å². The Labute approximate surface area is 108 Å². The zero-order valence-corrected chi connectivity index (χ0v) is 12.0. The van der Waals surface area contributed by atoms with Crippen LogP contribution >= 0.6 is 0 Å². The average Bonchev–Trinajstić information content (AvgIpc) is 2.30.